The summed E-state index contributed by atoms with van der Waals surface area (Å²) in [5, 5.41) is 0. The van der Waals surface area contributed by atoms with Gasteiger partial charge in [0, 0.05) is 11.4 Å². The second-order valence-corrected chi connectivity index (χ2v) is 6.81. The van der Waals surface area contributed by atoms with E-state index in [0.29, 0.717) is 17.1 Å². The van der Waals surface area contributed by atoms with Crippen LogP contribution in [0.25, 0.3) is 6.08 Å². The lowest BCUT2D eigenvalue weighted by Gasteiger charge is -2.19. The first-order valence-electron chi connectivity index (χ1n) is 9.37. The number of esters is 1. The summed E-state index contributed by atoms with van der Waals surface area (Å²) in [6.07, 6.45) is -3.13. The molecule has 0 saturated heterocycles. The Hall–Kier alpha value is -3.75. The normalized spacial score (nSPS) is 15.4. The highest BCUT2D eigenvalue weighted by Crippen LogP contribution is 2.38. The van der Waals surface area contributed by atoms with Gasteiger partial charge in [-0.05, 0) is 48.9 Å². The van der Waals surface area contributed by atoms with Gasteiger partial charge in [0.2, 0.25) is 0 Å². The minimum atomic E-state index is -4.58. The Balaban J connectivity index is 2.14. The molecule has 0 aliphatic carbocycles. The average Bonchev–Trinajstić information content (AvgIpc) is 3.01. The molecule has 0 radical (unpaired) electrons. The van der Waals surface area contributed by atoms with Crippen molar-refractivity contribution in [1.29, 1.82) is 0 Å². The maximum absolute atomic E-state index is 13.3. The molecule has 0 bridgehead atoms. The zero-order valence-electron chi connectivity index (χ0n) is 17.7. The molecule has 0 N–H and O–H groups in total. The molecule has 0 atom stereocenters. The van der Waals surface area contributed by atoms with Crippen molar-refractivity contribution in [3.8, 4) is 11.5 Å². The van der Waals surface area contributed by atoms with Crippen molar-refractivity contribution >= 4 is 23.6 Å². The molecule has 0 fully saturated rings. The highest BCUT2D eigenvalue weighted by Gasteiger charge is 2.39. The van der Waals surface area contributed by atoms with Crippen LogP contribution in [0.4, 0.5) is 18.9 Å². The molecular formula is C23H20F3NO5. The van der Waals surface area contributed by atoms with Gasteiger partial charge in [-0.15, -0.1) is 0 Å². The number of nitrogens with zero attached hydrogens (tertiary/aromatic N) is 1. The van der Waals surface area contributed by atoms with Crippen molar-refractivity contribution in [3.63, 3.8) is 0 Å². The lowest BCUT2D eigenvalue weighted by Crippen LogP contribution is -2.24. The largest absolute Gasteiger partial charge is 0.493 e. The van der Waals surface area contributed by atoms with Crippen molar-refractivity contribution in [2.75, 3.05) is 26.2 Å². The molecule has 1 heterocycles. The summed E-state index contributed by atoms with van der Waals surface area (Å²) in [5.41, 5.74) is -0.297. The zero-order chi connectivity index (χ0) is 23.6. The number of halogens is 3. The summed E-state index contributed by atoms with van der Waals surface area (Å²) in [6, 6.07) is 9.22. The van der Waals surface area contributed by atoms with Crippen molar-refractivity contribution in [1.82, 2.24) is 0 Å². The smallest absolute Gasteiger partial charge is 0.416 e. The van der Waals surface area contributed by atoms with Crippen LogP contribution in [-0.4, -0.2) is 33.2 Å². The molecule has 0 spiro atoms. The third-order valence-electron chi connectivity index (χ3n) is 4.94. The highest BCUT2D eigenvalue weighted by molar-refractivity contribution is 6.23. The van der Waals surface area contributed by atoms with Crippen LogP contribution in [0.5, 0.6) is 11.5 Å². The third-order valence-corrected chi connectivity index (χ3v) is 4.94. The Kier molecular flexibility index (Phi) is 6.29. The number of hydrogen-bond acceptors (Lipinski definition) is 5. The highest BCUT2D eigenvalue weighted by atomic mass is 19.4. The first-order valence-corrected chi connectivity index (χ1v) is 9.37. The second kappa shape index (κ2) is 8.78. The van der Waals surface area contributed by atoms with E-state index in [-0.39, 0.29) is 22.5 Å². The Labute approximate surface area is 182 Å². The van der Waals surface area contributed by atoms with E-state index < -0.39 is 23.6 Å². The zero-order valence-corrected chi connectivity index (χ0v) is 17.7. The minimum Gasteiger partial charge on any atom is -0.493 e. The van der Waals surface area contributed by atoms with Gasteiger partial charge >= 0.3 is 12.1 Å². The van der Waals surface area contributed by atoms with Gasteiger partial charge in [-0.25, -0.2) is 4.79 Å². The van der Waals surface area contributed by atoms with Crippen LogP contribution < -0.4 is 14.4 Å². The average molecular weight is 447 g/mol. The molecule has 1 amide bonds. The van der Waals surface area contributed by atoms with Gasteiger partial charge < -0.3 is 14.2 Å². The van der Waals surface area contributed by atoms with Crippen LogP contribution in [0.15, 0.2) is 59.3 Å². The number of alkyl halides is 3. The molecule has 0 aromatic heterocycles. The topological polar surface area (TPSA) is 65.1 Å². The molecule has 168 valence electrons. The van der Waals surface area contributed by atoms with Gasteiger partial charge in [-0.1, -0.05) is 12.1 Å². The van der Waals surface area contributed by atoms with E-state index in [2.05, 4.69) is 0 Å². The fourth-order valence-corrected chi connectivity index (χ4v) is 3.42. The van der Waals surface area contributed by atoms with Crippen LogP contribution in [0.3, 0.4) is 0 Å². The fourth-order valence-electron chi connectivity index (χ4n) is 3.42. The Morgan fingerprint density at radius 3 is 2.28 bits per heavy atom. The van der Waals surface area contributed by atoms with E-state index in [1.54, 1.807) is 18.2 Å². The summed E-state index contributed by atoms with van der Waals surface area (Å²) in [4.78, 5) is 26.8. The van der Waals surface area contributed by atoms with Gasteiger partial charge in [0.25, 0.3) is 5.91 Å². The minimum absolute atomic E-state index is 0.0144. The van der Waals surface area contributed by atoms with Crippen LogP contribution in [0.1, 0.15) is 18.1 Å². The van der Waals surface area contributed by atoms with E-state index in [4.69, 9.17) is 14.2 Å². The summed E-state index contributed by atoms with van der Waals surface area (Å²) in [6.45, 7) is 1.47. The molecule has 9 heteroatoms. The predicted octanol–water partition coefficient (Wildman–Crippen LogP) is 4.60. The van der Waals surface area contributed by atoms with Crippen LogP contribution in [-0.2, 0) is 20.5 Å². The predicted molar refractivity (Wildman–Crippen MR) is 111 cm³/mol. The lowest BCUT2D eigenvalue weighted by molar-refractivity contribution is -0.137. The molecule has 0 saturated carbocycles. The molecule has 0 unspecified atom stereocenters. The monoisotopic (exact) mass is 447 g/mol. The van der Waals surface area contributed by atoms with Crippen molar-refractivity contribution in [2.45, 2.75) is 13.1 Å². The Morgan fingerprint density at radius 1 is 1.00 bits per heavy atom. The number of amides is 1. The fraction of sp³-hybridized carbons (Fsp3) is 0.217. The second-order valence-electron chi connectivity index (χ2n) is 6.81. The molecule has 1 aliphatic rings. The third kappa shape index (κ3) is 4.18. The lowest BCUT2D eigenvalue weighted by atomic mass is 10.0. The summed E-state index contributed by atoms with van der Waals surface area (Å²) < 4.78 is 54.8. The van der Waals surface area contributed by atoms with E-state index in [0.717, 1.165) is 24.1 Å². The molecule has 1 aliphatic heterocycles. The van der Waals surface area contributed by atoms with Crippen molar-refractivity contribution in [3.05, 3.63) is 70.4 Å². The number of benzene rings is 2. The van der Waals surface area contributed by atoms with E-state index in [1.807, 2.05) is 0 Å². The van der Waals surface area contributed by atoms with Crippen molar-refractivity contribution < 1.29 is 37.0 Å². The maximum Gasteiger partial charge on any atom is 0.416 e. The van der Waals surface area contributed by atoms with Gasteiger partial charge in [-0.2, -0.15) is 13.2 Å². The summed E-state index contributed by atoms with van der Waals surface area (Å²) in [5.74, 6) is -0.561. The van der Waals surface area contributed by atoms with Crippen LogP contribution in [0.2, 0.25) is 0 Å². The van der Waals surface area contributed by atoms with E-state index >= 15 is 0 Å². The van der Waals surface area contributed by atoms with Crippen LogP contribution in [0, 0.1) is 0 Å². The number of methoxy groups -OCH3 is 3. The van der Waals surface area contributed by atoms with Gasteiger partial charge in [-0.3, -0.25) is 9.69 Å². The number of anilines is 1. The quantitative estimate of drug-likeness (QED) is 0.495. The first-order chi connectivity index (χ1) is 15.1. The number of hydrogen-bond donors (Lipinski definition) is 0. The molecular weight excluding hydrogens is 427 g/mol. The molecule has 2 aromatic carbocycles. The number of allylic oxidation sites excluding steroid dienone is 1. The SMILES string of the molecule is COC(=O)C1=C(C)N(c2cccc(C(F)(F)F)c2)C(=O)/C1=C\c1ccc(OC)c(OC)c1. The Bertz CT molecular complexity index is 1130. The van der Waals surface area contributed by atoms with Gasteiger partial charge in [0.15, 0.2) is 11.5 Å². The van der Waals surface area contributed by atoms with Crippen molar-refractivity contribution in [2.24, 2.45) is 0 Å². The molecule has 6 nitrogen and oxygen atoms in total. The summed E-state index contributed by atoms with van der Waals surface area (Å²) >= 11 is 0. The number of ether oxygens (including phenoxy) is 3. The molecule has 2 aromatic rings. The maximum atomic E-state index is 13.3. The van der Waals surface area contributed by atoms with E-state index in [1.165, 1.54) is 39.4 Å². The summed E-state index contributed by atoms with van der Waals surface area (Å²) in [7, 11) is 4.09. The number of carbonyl (C=O) groups excluding carboxylic acids is 2. The Morgan fingerprint density at radius 2 is 1.69 bits per heavy atom. The van der Waals surface area contributed by atoms with E-state index in [9.17, 15) is 22.8 Å². The van der Waals surface area contributed by atoms with Gasteiger partial charge in [0.1, 0.15) is 0 Å². The van der Waals surface area contributed by atoms with Crippen LogP contribution >= 0.6 is 0 Å². The number of carbonyl (C=O) groups is 2. The standard InChI is InChI=1S/C23H20F3NO5/c1-13-20(22(29)32-4)17(10-14-8-9-18(30-2)19(11-14)31-3)21(28)27(13)16-7-5-6-15(12-16)23(24,25)26/h5-12H,1-4H3/b17-10-. The van der Waals surface area contributed by atoms with Gasteiger partial charge in [0.05, 0.1) is 38.0 Å². The molecule has 32 heavy (non-hydrogen) atoms. The first kappa shape index (κ1) is 22.9. The molecule has 3 rings (SSSR count). The number of rotatable bonds is 5.